The van der Waals surface area contributed by atoms with E-state index >= 15 is 0 Å². The molecule has 0 saturated carbocycles. The van der Waals surface area contributed by atoms with Crippen molar-refractivity contribution in [3.8, 4) is 0 Å². The van der Waals surface area contributed by atoms with Gasteiger partial charge in [0.1, 0.15) is 6.33 Å². The fraction of sp³-hybridized carbons (Fsp3) is 0.200. The third-order valence-corrected chi connectivity index (χ3v) is 0.730. The maximum Gasteiger partial charge on any atom is 1.00 e. The molecule has 0 amide bonds. The molecule has 1 rings (SSSR count). The molecule has 0 unspecified atom stereocenters. The predicted molar refractivity (Wildman–Crippen MR) is 27.9 cm³/mol. The quantitative estimate of drug-likeness (QED) is 0.478. The van der Waals surface area contributed by atoms with Gasteiger partial charge in [-0.2, -0.15) is 0 Å². The Morgan fingerprint density at radius 2 is 2.57 bits per heavy atom. The highest BCUT2D eigenvalue weighted by Gasteiger charge is 1.74. The minimum Gasteiger partial charge on any atom is -0.245 e. The summed E-state index contributed by atoms with van der Waals surface area (Å²) in [5, 5.41) is 0. The van der Waals surface area contributed by atoms with Crippen molar-refractivity contribution < 1.29 is 1.43 Å². The molecule has 2 heteroatoms. The summed E-state index contributed by atoms with van der Waals surface area (Å²) in [6, 6.07) is 1.86. The minimum atomic E-state index is 0. The molecule has 0 bridgehead atoms. The van der Waals surface area contributed by atoms with Crippen LogP contribution in [0.1, 0.15) is 7.12 Å². The van der Waals surface area contributed by atoms with Gasteiger partial charge in [0.2, 0.25) is 0 Å². The third-order valence-electron chi connectivity index (χ3n) is 0.730. The molecule has 1 aromatic heterocycles. The second kappa shape index (κ2) is 1.69. The van der Waals surface area contributed by atoms with Crippen molar-refractivity contribution in [1.29, 1.82) is 0 Å². The summed E-state index contributed by atoms with van der Waals surface area (Å²) in [6.07, 6.45) is 3.26. The minimum absolute atomic E-state index is 0. The van der Waals surface area contributed by atoms with Crippen LogP contribution >= 0.6 is 0 Å². The van der Waals surface area contributed by atoms with E-state index < -0.39 is 0 Å². The lowest BCUT2D eigenvalue weighted by Gasteiger charge is -1.81. The molecular formula is C5H7N2+. The first-order valence-electron chi connectivity index (χ1n) is 2.12. The number of rotatable bonds is 0. The van der Waals surface area contributed by atoms with Crippen LogP contribution in [0.5, 0.6) is 0 Å². The van der Waals surface area contributed by atoms with Gasteiger partial charge in [0.25, 0.3) is 0 Å². The Morgan fingerprint density at radius 3 is 2.86 bits per heavy atom. The zero-order chi connectivity index (χ0) is 5.11. The lowest BCUT2D eigenvalue weighted by Crippen LogP contribution is -1.77. The molecule has 7 heavy (non-hydrogen) atoms. The topological polar surface area (TPSA) is 25.8 Å². The fourth-order valence-corrected chi connectivity index (χ4v) is 0.357. The molecule has 0 spiro atoms. The Balaban J connectivity index is 0.000000490. The summed E-state index contributed by atoms with van der Waals surface area (Å²) in [6.45, 7) is 1.93. The number of aryl methyl sites for hydroxylation is 1. The van der Waals surface area contributed by atoms with Crippen LogP contribution in [-0.2, 0) is 0 Å². The zero-order valence-electron chi connectivity index (χ0n) is 5.13. The third kappa shape index (κ3) is 0.961. The predicted octanol–water partition coefficient (Wildman–Crippen LogP) is 0.898. The van der Waals surface area contributed by atoms with Gasteiger partial charge in [-0.3, -0.25) is 0 Å². The Morgan fingerprint density at radius 1 is 1.71 bits per heavy atom. The van der Waals surface area contributed by atoms with E-state index in [-0.39, 0.29) is 1.43 Å². The maximum absolute atomic E-state index is 3.87. The smallest absolute Gasteiger partial charge is 0.245 e. The van der Waals surface area contributed by atoms with Crippen molar-refractivity contribution in [2.45, 2.75) is 6.92 Å². The zero-order valence-corrected chi connectivity index (χ0v) is 4.13. The van der Waals surface area contributed by atoms with Crippen LogP contribution in [0.15, 0.2) is 18.6 Å². The first-order chi connectivity index (χ1) is 3.39. The summed E-state index contributed by atoms with van der Waals surface area (Å²) >= 11 is 0. The number of nitrogens with zero attached hydrogens (tertiary/aromatic N) is 2. The van der Waals surface area contributed by atoms with Crippen LogP contribution in [0.2, 0.25) is 0 Å². The lowest BCUT2D eigenvalue weighted by atomic mass is 10.5. The van der Waals surface area contributed by atoms with E-state index in [2.05, 4.69) is 9.97 Å². The van der Waals surface area contributed by atoms with Crippen molar-refractivity contribution in [3.63, 3.8) is 0 Å². The number of aromatic nitrogens is 2. The van der Waals surface area contributed by atoms with E-state index in [1.807, 2.05) is 13.0 Å². The van der Waals surface area contributed by atoms with Gasteiger partial charge in [-0.1, -0.05) is 0 Å². The number of hydrogen-bond acceptors (Lipinski definition) is 2. The molecule has 0 saturated heterocycles. The van der Waals surface area contributed by atoms with Gasteiger partial charge in [-0.25, -0.2) is 9.97 Å². The Bertz CT molecular complexity index is 140. The van der Waals surface area contributed by atoms with Crippen molar-refractivity contribution in [2.75, 3.05) is 0 Å². The standard InChI is InChI=1S/C5H6N2/c1-5-2-3-6-4-7-5/h2-4H,1H3/p+1. The molecule has 0 aliphatic rings. The van der Waals surface area contributed by atoms with Crippen molar-refractivity contribution in [1.82, 2.24) is 9.97 Å². The lowest BCUT2D eigenvalue weighted by molar-refractivity contribution is 1.10. The summed E-state index contributed by atoms with van der Waals surface area (Å²) in [5.74, 6) is 0. The first-order valence-corrected chi connectivity index (χ1v) is 2.12. The molecular weight excluding hydrogens is 88.1 g/mol. The summed E-state index contributed by atoms with van der Waals surface area (Å²) < 4.78 is 0. The highest BCUT2D eigenvalue weighted by molar-refractivity contribution is 4.92. The normalized spacial score (nSPS) is 8.71. The van der Waals surface area contributed by atoms with Crippen LogP contribution in [0.25, 0.3) is 0 Å². The summed E-state index contributed by atoms with van der Waals surface area (Å²) in [7, 11) is 0. The van der Waals surface area contributed by atoms with Gasteiger partial charge in [0.05, 0.1) is 0 Å². The van der Waals surface area contributed by atoms with Crippen LogP contribution in [0.3, 0.4) is 0 Å². The second-order valence-corrected chi connectivity index (χ2v) is 1.35. The Kier molecular flexibility index (Phi) is 1.02. The van der Waals surface area contributed by atoms with Crippen LogP contribution < -0.4 is 0 Å². The van der Waals surface area contributed by atoms with Gasteiger partial charge in [0.15, 0.2) is 0 Å². The Labute approximate surface area is 43.7 Å². The van der Waals surface area contributed by atoms with Crippen LogP contribution in [-0.4, -0.2) is 9.97 Å². The molecule has 0 aliphatic heterocycles. The molecule has 0 aliphatic carbocycles. The van der Waals surface area contributed by atoms with E-state index in [4.69, 9.17) is 0 Å². The average molecular weight is 95.1 g/mol. The highest BCUT2D eigenvalue weighted by atomic mass is 14.8. The molecule has 0 aromatic carbocycles. The van der Waals surface area contributed by atoms with Crippen LogP contribution in [0.4, 0.5) is 0 Å². The van der Waals surface area contributed by atoms with E-state index in [1.54, 1.807) is 6.20 Å². The SMILES string of the molecule is Cc1ccncn1.[H+]. The van der Waals surface area contributed by atoms with E-state index in [0.29, 0.717) is 0 Å². The Hall–Kier alpha value is -0.920. The molecule has 36 valence electrons. The van der Waals surface area contributed by atoms with E-state index in [0.717, 1.165) is 5.69 Å². The molecule has 0 atom stereocenters. The van der Waals surface area contributed by atoms with Crippen LogP contribution in [0, 0.1) is 6.92 Å². The van der Waals surface area contributed by atoms with Gasteiger partial charge >= 0.3 is 1.43 Å². The van der Waals surface area contributed by atoms with Crippen molar-refractivity contribution in [2.24, 2.45) is 0 Å². The monoisotopic (exact) mass is 95.1 g/mol. The fourth-order valence-electron chi connectivity index (χ4n) is 0.357. The molecule has 0 fully saturated rings. The second-order valence-electron chi connectivity index (χ2n) is 1.35. The van der Waals surface area contributed by atoms with Gasteiger partial charge in [-0.05, 0) is 13.0 Å². The molecule has 1 heterocycles. The maximum atomic E-state index is 3.87. The summed E-state index contributed by atoms with van der Waals surface area (Å²) in [5.41, 5.74) is 1.01. The van der Waals surface area contributed by atoms with E-state index in [1.165, 1.54) is 6.33 Å². The van der Waals surface area contributed by atoms with Crippen molar-refractivity contribution in [3.05, 3.63) is 24.3 Å². The van der Waals surface area contributed by atoms with Gasteiger partial charge in [0, 0.05) is 11.9 Å². The highest BCUT2D eigenvalue weighted by Crippen LogP contribution is 1.82. The van der Waals surface area contributed by atoms with Gasteiger partial charge in [-0.15, -0.1) is 0 Å². The van der Waals surface area contributed by atoms with E-state index in [9.17, 15) is 0 Å². The van der Waals surface area contributed by atoms with Crippen molar-refractivity contribution >= 4 is 0 Å². The molecule has 1 aromatic rings. The van der Waals surface area contributed by atoms with Gasteiger partial charge < -0.3 is 0 Å². The largest absolute Gasteiger partial charge is 1.00 e. The average Bonchev–Trinajstić information content (AvgIpc) is 1.69. The number of hydrogen-bond donors (Lipinski definition) is 0. The molecule has 0 radical (unpaired) electrons. The first kappa shape index (κ1) is 4.24. The summed E-state index contributed by atoms with van der Waals surface area (Å²) in [4.78, 5) is 7.60. The molecule has 2 nitrogen and oxygen atoms in total. The molecule has 0 N–H and O–H groups in total.